The van der Waals surface area contributed by atoms with Gasteiger partial charge in [-0.25, -0.2) is 4.79 Å². The number of nitrogens with zero attached hydrogens (tertiary/aromatic N) is 1. The van der Waals surface area contributed by atoms with E-state index >= 15 is 0 Å². The van der Waals surface area contributed by atoms with Crippen molar-refractivity contribution in [2.45, 2.75) is 38.7 Å². The number of para-hydroxylation sites is 1. The highest BCUT2D eigenvalue weighted by Crippen LogP contribution is 2.17. The number of urea groups is 1. The van der Waals surface area contributed by atoms with Crippen LogP contribution in [0.5, 0.6) is 5.75 Å². The number of likely N-dealkylation sites (tertiary alicyclic amines) is 1. The summed E-state index contributed by atoms with van der Waals surface area (Å²) in [5.41, 5.74) is 1.11. The van der Waals surface area contributed by atoms with Crippen molar-refractivity contribution < 1.29 is 14.3 Å². The van der Waals surface area contributed by atoms with E-state index in [1.54, 1.807) is 7.11 Å². The van der Waals surface area contributed by atoms with E-state index in [1.807, 2.05) is 29.2 Å². The van der Waals surface area contributed by atoms with E-state index in [2.05, 4.69) is 12.2 Å². The normalized spacial score (nSPS) is 17.8. The summed E-state index contributed by atoms with van der Waals surface area (Å²) in [5.74, 6) is 0.868. The number of amides is 2. The number of nitrogens with one attached hydrogen (secondary N) is 1. The molecule has 0 aromatic heterocycles. The first-order valence-electron chi connectivity index (χ1n) is 8.50. The molecule has 1 aliphatic rings. The van der Waals surface area contributed by atoms with E-state index in [4.69, 9.17) is 9.47 Å². The highest BCUT2D eigenvalue weighted by molar-refractivity contribution is 5.74. The topological polar surface area (TPSA) is 50.8 Å². The van der Waals surface area contributed by atoms with Crippen LogP contribution in [0.4, 0.5) is 4.79 Å². The molecule has 0 radical (unpaired) electrons. The Morgan fingerprint density at radius 2 is 2.22 bits per heavy atom. The third-order valence-corrected chi connectivity index (χ3v) is 4.09. The molecule has 0 saturated carbocycles. The fraction of sp³-hybridized carbons (Fsp3) is 0.611. The largest absolute Gasteiger partial charge is 0.496 e. The second-order valence-electron chi connectivity index (χ2n) is 5.87. The van der Waals surface area contributed by atoms with Crippen molar-refractivity contribution in [1.29, 1.82) is 0 Å². The summed E-state index contributed by atoms with van der Waals surface area (Å²) in [6.45, 7) is 4.99. The lowest BCUT2D eigenvalue weighted by molar-refractivity contribution is 0.0101. The molecular weight excluding hydrogens is 292 g/mol. The standard InChI is InChI=1S/C18H28N2O3/c1-3-13-23-16-8-6-12-20(14-16)18(21)19-11-10-15-7-4-5-9-17(15)22-2/h4-5,7,9,16H,3,6,8,10-14H2,1-2H3,(H,19,21). The Bertz CT molecular complexity index is 493. The molecule has 1 saturated heterocycles. The summed E-state index contributed by atoms with van der Waals surface area (Å²) < 4.78 is 11.1. The Morgan fingerprint density at radius 3 is 3.00 bits per heavy atom. The zero-order chi connectivity index (χ0) is 16.5. The lowest BCUT2D eigenvalue weighted by atomic mass is 10.1. The van der Waals surface area contributed by atoms with Gasteiger partial charge in [0.05, 0.1) is 13.2 Å². The second-order valence-corrected chi connectivity index (χ2v) is 5.87. The maximum absolute atomic E-state index is 12.3. The Kier molecular flexibility index (Phi) is 7.20. The quantitative estimate of drug-likeness (QED) is 0.840. The molecule has 5 heteroatoms. The summed E-state index contributed by atoms with van der Waals surface area (Å²) in [4.78, 5) is 14.2. The van der Waals surface area contributed by atoms with Crippen LogP contribution in [0.25, 0.3) is 0 Å². The number of ether oxygens (including phenoxy) is 2. The average Bonchev–Trinajstić information content (AvgIpc) is 2.60. The zero-order valence-corrected chi connectivity index (χ0v) is 14.2. The van der Waals surface area contributed by atoms with Gasteiger partial charge < -0.3 is 19.7 Å². The average molecular weight is 320 g/mol. The maximum atomic E-state index is 12.3. The number of benzene rings is 1. The molecule has 5 nitrogen and oxygen atoms in total. The molecule has 23 heavy (non-hydrogen) atoms. The van der Waals surface area contributed by atoms with Gasteiger partial charge in [0.25, 0.3) is 0 Å². The minimum absolute atomic E-state index is 0.00435. The predicted octanol–water partition coefficient (Wildman–Crippen LogP) is 2.84. The molecule has 0 spiro atoms. The number of methoxy groups -OCH3 is 1. The monoisotopic (exact) mass is 320 g/mol. The molecule has 0 bridgehead atoms. The van der Waals surface area contributed by atoms with Gasteiger partial charge in [-0.1, -0.05) is 25.1 Å². The lowest BCUT2D eigenvalue weighted by Crippen LogP contribution is -2.48. The van der Waals surface area contributed by atoms with Gasteiger partial charge in [0.2, 0.25) is 0 Å². The summed E-state index contributed by atoms with van der Waals surface area (Å²) >= 11 is 0. The van der Waals surface area contributed by atoms with Gasteiger partial charge in [-0.15, -0.1) is 0 Å². The summed E-state index contributed by atoms with van der Waals surface area (Å²) in [7, 11) is 1.67. The molecule has 1 aromatic rings. The minimum atomic E-state index is 0.00435. The second kappa shape index (κ2) is 9.40. The predicted molar refractivity (Wildman–Crippen MR) is 90.9 cm³/mol. The van der Waals surface area contributed by atoms with Crippen LogP contribution in [-0.4, -0.2) is 50.4 Å². The third kappa shape index (κ3) is 5.43. The summed E-state index contributed by atoms with van der Waals surface area (Å²) in [5, 5.41) is 3.00. The molecule has 1 aliphatic heterocycles. The molecule has 0 aliphatic carbocycles. The first kappa shape index (κ1) is 17.6. The van der Waals surface area contributed by atoms with Crippen LogP contribution in [0.3, 0.4) is 0 Å². The SMILES string of the molecule is CCCOC1CCCN(C(=O)NCCc2ccccc2OC)C1. The Morgan fingerprint density at radius 1 is 1.39 bits per heavy atom. The van der Waals surface area contributed by atoms with E-state index in [9.17, 15) is 4.79 Å². The molecular formula is C18H28N2O3. The highest BCUT2D eigenvalue weighted by atomic mass is 16.5. The first-order valence-corrected chi connectivity index (χ1v) is 8.50. The van der Waals surface area contributed by atoms with Crippen LogP contribution in [0.1, 0.15) is 31.7 Å². The van der Waals surface area contributed by atoms with Gasteiger partial charge in [-0.05, 0) is 37.3 Å². The number of piperidine rings is 1. The van der Waals surface area contributed by atoms with E-state index in [0.717, 1.165) is 50.1 Å². The van der Waals surface area contributed by atoms with Crippen molar-refractivity contribution in [1.82, 2.24) is 10.2 Å². The number of carbonyl (C=O) groups is 1. The fourth-order valence-corrected chi connectivity index (χ4v) is 2.87. The fourth-order valence-electron chi connectivity index (χ4n) is 2.87. The van der Waals surface area contributed by atoms with Crippen LogP contribution < -0.4 is 10.1 Å². The van der Waals surface area contributed by atoms with E-state index in [1.165, 1.54) is 0 Å². The Hall–Kier alpha value is -1.75. The van der Waals surface area contributed by atoms with E-state index < -0.39 is 0 Å². The molecule has 2 amide bonds. The van der Waals surface area contributed by atoms with Crippen LogP contribution in [0.2, 0.25) is 0 Å². The van der Waals surface area contributed by atoms with E-state index in [-0.39, 0.29) is 12.1 Å². The number of hydrogen-bond donors (Lipinski definition) is 1. The van der Waals surface area contributed by atoms with E-state index in [0.29, 0.717) is 13.1 Å². The van der Waals surface area contributed by atoms with Crippen molar-refractivity contribution in [2.75, 3.05) is 33.4 Å². The minimum Gasteiger partial charge on any atom is -0.496 e. The summed E-state index contributed by atoms with van der Waals surface area (Å²) in [6, 6.07) is 7.91. The van der Waals surface area contributed by atoms with Crippen molar-refractivity contribution in [2.24, 2.45) is 0 Å². The molecule has 1 N–H and O–H groups in total. The van der Waals surface area contributed by atoms with Crippen LogP contribution in [0.15, 0.2) is 24.3 Å². The molecule has 128 valence electrons. The number of carbonyl (C=O) groups excluding carboxylic acids is 1. The number of hydrogen-bond acceptors (Lipinski definition) is 3. The van der Waals surface area contributed by atoms with Crippen LogP contribution >= 0.6 is 0 Å². The van der Waals surface area contributed by atoms with Gasteiger partial charge in [0.1, 0.15) is 5.75 Å². The first-order chi connectivity index (χ1) is 11.2. The third-order valence-electron chi connectivity index (χ3n) is 4.09. The number of rotatable bonds is 7. The Labute approximate surface area is 139 Å². The molecule has 2 rings (SSSR count). The van der Waals surface area contributed by atoms with Crippen molar-refractivity contribution >= 4 is 6.03 Å². The molecule has 1 fully saturated rings. The van der Waals surface area contributed by atoms with Crippen molar-refractivity contribution in [3.63, 3.8) is 0 Å². The Balaban J connectivity index is 1.76. The maximum Gasteiger partial charge on any atom is 0.317 e. The van der Waals surface area contributed by atoms with Crippen LogP contribution in [0, 0.1) is 0 Å². The van der Waals surface area contributed by atoms with Crippen LogP contribution in [-0.2, 0) is 11.2 Å². The molecule has 1 atom stereocenters. The van der Waals surface area contributed by atoms with Crippen molar-refractivity contribution in [3.8, 4) is 5.75 Å². The van der Waals surface area contributed by atoms with Gasteiger partial charge in [0.15, 0.2) is 0 Å². The highest BCUT2D eigenvalue weighted by Gasteiger charge is 2.23. The van der Waals surface area contributed by atoms with Gasteiger partial charge in [0, 0.05) is 26.2 Å². The lowest BCUT2D eigenvalue weighted by Gasteiger charge is -2.32. The van der Waals surface area contributed by atoms with Gasteiger partial charge >= 0.3 is 6.03 Å². The van der Waals surface area contributed by atoms with Gasteiger partial charge in [-0.3, -0.25) is 0 Å². The summed E-state index contributed by atoms with van der Waals surface area (Å²) in [6.07, 6.45) is 4.02. The van der Waals surface area contributed by atoms with Gasteiger partial charge in [-0.2, -0.15) is 0 Å². The molecule has 1 aromatic carbocycles. The smallest absolute Gasteiger partial charge is 0.317 e. The molecule has 1 unspecified atom stereocenters. The molecule has 1 heterocycles. The zero-order valence-electron chi connectivity index (χ0n) is 14.2. The van der Waals surface area contributed by atoms with Crippen molar-refractivity contribution in [3.05, 3.63) is 29.8 Å².